The Morgan fingerprint density at radius 3 is 2.38 bits per heavy atom. The molecule has 0 aliphatic heterocycles. The van der Waals surface area contributed by atoms with Crippen molar-refractivity contribution in [2.75, 3.05) is 5.32 Å². The Balaban J connectivity index is 2.08. The van der Waals surface area contributed by atoms with Crippen molar-refractivity contribution >= 4 is 52.3 Å². The fraction of sp³-hybridized carbons (Fsp3) is 0.222. The third-order valence-corrected chi connectivity index (χ3v) is 3.80. The molecule has 138 valence electrons. The van der Waals surface area contributed by atoms with Gasteiger partial charge in [0.15, 0.2) is 0 Å². The highest BCUT2D eigenvalue weighted by atomic mass is 35.6. The summed E-state index contributed by atoms with van der Waals surface area (Å²) in [6, 6.07) is 15.7. The van der Waals surface area contributed by atoms with E-state index in [4.69, 9.17) is 39.5 Å². The van der Waals surface area contributed by atoms with Crippen LogP contribution in [0.4, 0.5) is 5.69 Å². The lowest BCUT2D eigenvalue weighted by molar-refractivity contribution is -0.122. The second kappa shape index (κ2) is 9.12. The number of alkyl halides is 3. The molecule has 2 aromatic carbocycles. The maximum atomic E-state index is 12.2. The van der Waals surface area contributed by atoms with Crippen LogP contribution in [0, 0.1) is 0 Å². The van der Waals surface area contributed by atoms with Crippen molar-refractivity contribution in [3.05, 3.63) is 60.2 Å². The van der Waals surface area contributed by atoms with Gasteiger partial charge in [0.2, 0.25) is 21.8 Å². The maximum absolute atomic E-state index is 12.2. The van der Waals surface area contributed by atoms with Crippen LogP contribution >= 0.6 is 34.8 Å². The Kier molecular flexibility index (Phi) is 7.14. The van der Waals surface area contributed by atoms with E-state index in [-0.39, 0.29) is 18.2 Å². The monoisotopic (exact) mass is 414 g/mol. The van der Waals surface area contributed by atoms with Crippen molar-refractivity contribution in [3.8, 4) is 5.75 Å². The molecular weight excluding hydrogens is 399 g/mol. The number of halogens is 3. The van der Waals surface area contributed by atoms with Gasteiger partial charge in [-0.15, -0.1) is 0 Å². The first-order valence-corrected chi connectivity index (χ1v) is 8.82. The topological polar surface area (TPSA) is 67.4 Å². The lowest BCUT2D eigenvalue weighted by Gasteiger charge is -2.26. The third-order valence-electron chi connectivity index (χ3n) is 3.21. The van der Waals surface area contributed by atoms with Gasteiger partial charge in [0.1, 0.15) is 5.75 Å². The minimum atomic E-state index is -1.89. The van der Waals surface area contributed by atoms with Gasteiger partial charge >= 0.3 is 0 Å². The molecule has 0 bridgehead atoms. The van der Waals surface area contributed by atoms with Crippen LogP contribution in [0.25, 0.3) is 0 Å². The van der Waals surface area contributed by atoms with E-state index in [1.54, 1.807) is 24.3 Å². The molecule has 26 heavy (non-hydrogen) atoms. The zero-order chi connectivity index (χ0) is 19.2. The van der Waals surface area contributed by atoms with Crippen molar-refractivity contribution in [3.63, 3.8) is 0 Å². The standard InChI is InChI=1S/C18H17Cl3N2O3/c1-12(24)22-14-8-5-9-15(11-14)26-17(18(19,20)21)23-16(25)10-13-6-3-2-4-7-13/h2-9,11,17H,10H2,1H3,(H,22,24)(H,23,25)/t17-/m0/s1. The Morgan fingerprint density at radius 1 is 1.08 bits per heavy atom. The normalized spacial score (nSPS) is 12.2. The van der Waals surface area contributed by atoms with Gasteiger partial charge in [0.05, 0.1) is 6.42 Å². The summed E-state index contributed by atoms with van der Waals surface area (Å²) >= 11 is 17.8. The second-order valence-electron chi connectivity index (χ2n) is 5.48. The number of rotatable bonds is 6. The molecule has 0 aliphatic rings. The highest BCUT2D eigenvalue weighted by Gasteiger charge is 2.36. The molecule has 2 N–H and O–H groups in total. The van der Waals surface area contributed by atoms with Crippen molar-refractivity contribution in [2.24, 2.45) is 0 Å². The molecule has 0 aromatic heterocycles. The first kappa shape index (κ1) is 20.4. The van der Waals surface area contributed by atoms with Gasteiger partial charge < -0.3 is 15.4 Å². The van der Waals surface area contributed by atoms with Gasteiger partial charge in [0.25, 0.3) is 0 Å². The fourth-order valence-electron chi connectivity index (χ4n) is 2.14. The van der Waals surface area contributed by atoms with Crippen LogP contribution < -0.4 is 15.4 Å². The van der Waals surface area contributed by atoms with Crippen molar-refractivity contribution in [1.29, 1.82) is 0 Å². The average Bonchev–Trinajstić information content (AvgIpc) is 2.54. The Morgan fingerprint density at radius 2 is 1.77 bits per heavy atom. The smallest absolute Gasteiger partial charge is 0.246 e. The molecule has 0 saturated carbocycles. The van der Waals surface area contributed by atoms with Crippen molar-refractivity contribution in [2.45, 2.75) is 23.4 Å². The SMILES string of the molecule is CC(=O)Nc1cccc(O[C@H](NC(=O)Cc2ccccc2)C(Cl)(Cl)Cl)c1. The van der Waals surface area contributed by atoms with E-state index in [1.165, 1.54) is 6.92 Å². The van der Waals surface area contributed by atoms with Gasteiger partial charge in [-0.2, -0.15) is 0 Å². The number of anilines is 1. The number of nitrogens with one attached hydrogen (secondary N) is 2. The van der Waals surface area contributed by atoms with E-state index >= 15 is 0 Å². The summed E-state index contributed by atoms with van der Waals surface area (Å²) in [7, 11) is 0. The molecule has 0 spiro atoms. The van der Waals surface area contributed by atoms with Crippen LogP contribution in [-0.2, 0) is 16.0 Å². The lowest BCUT2D eigenvalue weighted by atomic mass is 10.1. The number of carbonyl (C=O) groups excluding carboxylic acids is 2. The van der Waals surface area contributed by atoms with E-state index in [9.17, 15) is 9.59 Å². The molecule has 0 heterocycles. The molecule has 0 radical (unpaired) electrons. The summed E-state index contributed by atoms with van der Waals surface area (Å²) in [5.41, 5.74) is 1.34. The molecule has 1 atom stereocenters. The van der Waals surface area contributed by atoms with Crippen LogP contribution in [0.15, 0.2) is 54.6 Å². The van der Waals surface area contributed by atoms with Gasteiger partial charge in [0, 0.05) is 18.7 Å². The third kappa shape index (κ3) is 6.75. The van der Waals surface area contributed by atoms with E-state index in [2.05, 4.69) is 10.6 Å². The fourth-order valence-corrected chi connectivity index (χ4v) is 2.44. The van der Waals surface area contributed by atoms with E-state index < -0.39 is 10.0 Å². The molecule has 8 heteroatoms. The Labute approximate surface area is 166 Å². The molecule has 5 nitrogen and oxygen atoms in total. The van der Waals surface area contributed by atoms with Crippen LogP contribution in [0.3, 0.4) is 0 Å². The van der Waals surface area contributed by atoms with Crippen LogP contribution in [0.5, 0.6) is 5.75 Å². The van der Waals surface area contributed by atoms with Crippen LogP contribution in [0.2, 0.25) is 0 Å². The van der Waals surface area contributed by atoms with Gasteiger partial charge in [-0.05, 0) is 17.7 Å². The average molecular weight is 416 g/mol. The predicted molar refractivity (Wildman–Crippen MR) is 104 cm³/mol. The highest BCUT2D eigenvalue weighted by molar-refractivity contribution is 6.68. The number of hydrogen-bond acceptors (Lipinski definition) is 3. The zero-order valence-corrected chi connectivity index (χ0v) is 16.1. The molecule has 0 saturated heterocycles. The minimum Gasteiger partial charge on any atom is -0.466 e. The molecule has 2 rings (SSSR count). The summed E-state index contributed by atoms with van der Waals surface area (Å²) in [5, 5.41) is 5.20. The number of ether oxygens (including phenoxy) is 1. The predicted octanol–water partition coefficient (Wildman–Crippen LogP) is 4.08. The van der Waals surface area contributed by atoms with E-state index in [0.29, 0.717) is 11.4 Å². The summed E-state index contributed by atoms with van der Waals surface area (Å²) in [5.74, 6) is -0.255. The van der Waals surface area contributed by atoms with Gasteiger partial charge in [-0.25, -0.2) is 0 Å². The molecule has 0 fully saturated rings. The van der Waals surface area contributed by atoms with Crippen LogP contribution in [-0.4, -0.2) is 21.8 Å². The highest BCUT2D eigenvalue weighted by Crippen LogP contribution is 2.32. The molecular formula is C18H17Cl3N2O3. The van der Waals surface area contributed by atoms with Crippen molar-refractivity contribution in [1.82, 2.24) is 5.32 Å². The summed E-state index contributed by atoms with van der Waals surface area (Å²) < 4.78 is 3.74. The molecule has 2 aromatic rings. The summed E-state index contributed by atoms with van der Waals surface area (Å²) in [4.78, 5) is 23.4. The molecule has 0 unspecified atom stereocenters. The molecule has 2 amide bonds. The van der Waals surface area contributed by atoms with Crippen LogP contribution in [0.1, 0.15) is 12.5 Å². The quantitative estimate of drug-likeness (QED) is 0.552. The number of benzene rings is 2. The maximum Gasteiger partial charge on any atom is 0.246 e. The van der Waals surface area contributed by atoms with E-state index in [0.717, 1.165) is 5.56 Å². The number of carbonyl (C=O) groups is 2. The van der Waals surface area contributed by atoms with Gasteiger partial charge in [-0.3, -0.25) is 9.59 Å². The minimum absolute atomic E-state index is 0.118. The zero-order valence-electron chi connectivity index (χ0n) is 13.8. The second-order valence-corrected chi connectivity index (χ2v) is 7.85. The summed E-state index contributed by atoms with van der Waals surface area (Å²) in [6.07, 6.45) is -1.09. The van der Waals surface area contributed by atoms with Crippen molar-refractivity contribution < 1.29 is 14.3 Å². The Bertz CT molecular complexity index is 764. The first-order chi connectivity index (χ1) is 12.2. The summed E-state index contributed by atoms with van der Waals surface area (Å²) in [6.45, 7) is 1.39. The Hall–Kier alpha value is -1.95. The number of amides is 2. The molecule has 0 aliphatic carbocycles. The first-order valence-electron chi connectivity index (χ1n) is 7.68. The van der Waals surface area contributed by atoms with Gasteiger partial charge in [-0.1, -0.05) is 71.2 Å². The van der Waals surface area contributed by atoms with E-state index in [1.807, 2.05) is 30.3 Å². The number of hydrogen-bond donors (Lipinski definition) is 2. The largest absolute Gasteiger partial charge is 0.466 e. The lowest BCUT2D eigenvalue weighted by Crippen LogP contribution is -2.48.